The lowest BCUT2D eigenvalue weighted by atomic mass is 9.89. The van der Waals surface area contributed by atoms with Crippen molar-refractivity contribution in [1.29, 1.82) is 0 Å². The van der Waals surface area contributed by atoms with Gasteiger partial charge in [-0.1, -0.05) is 18.2 Å². The number of nitrogens with one attached hydrogen (secondary N) is 2. The third-order valence-electron chi connectivity index (χ3n) is 4.42. The predicted octanol–water partition coefficient (Wildman–Crippen LogP) is 1.24. The molecule has 5 heteroatoms. The zero-order valence-electron chi connectivity index (χ0n) is 12.1. The molecule has 0 saturated carbocycles. The number of ether oxygens (including phenoxy) is 1. The molecular formula is C16H22N2O3. The van der Waals surface area contributed by atoms with Gasteiger partial charge >= 0.3 is 0 Å². The molecule has 3 N–H and O–H groups in total. The number of anilines is 1. The normalized spacial score (nSPS) is 23.8. The molecular weight excluding hydrogens is 268 g/mol. The van der Waals surface area contributed by atoms with E-state index in [4.69, 9.17) is 4.74 Å². The number of amides is 1. The number of rotatable bonds is 3. The van der Waals surface area contributed by atoms with Crippen molar-refractivity contribution in [3.8, 4) is 0 Å². The highest BCUT2D eigenvalue weighted by Gasteiger charge is 2.32. The Bertz CT molecular complexity index is 512. The highest BCUT2D eigenvalue weighted by molar-refractivity contribution is 5.86. The highest BCUT2D eigenvalue weighted by atomic mass is 16.5. The number of fused-ring (bicyclic) bond motifs is 1. The van der Waals surface area contributed by atoms with E-state index in [1.54, 1.807) is 0 Å². The summed E-state index contributed by atoms with van der Waals surface area (Å²) in [5.74, 6) is -0.130. The zero-order valence-corrected chi connectivity index (χ0v) is 12.1. The van der Waals surface area contributed by atoms with Gasteiger partial charge < -0.3 is 20.5 Å². The summed E-state index contributed by atoms with van der Waals surface area (Å²) in [5, 5.41) is 16.7. The second-order valence-corrected chi connectivity index (χ2v) is 5.91. The van der Waals surface area contributed by atoms with Crippen LogP contribution in [0.15, 0.2) is 24.3 Å². The first-order chi connectivity index (χ1) is 10.2. The van der Waals surface area contributed by atoms with E-state index in [9.17, 15) is 9.90 Å². The molecule has 3 rings (SSSR count). The molecule has 21 heavy (non-hydrogen) atoms. The molecule has 2 aliphatic rings. The molecule has 1 amide bonds. The molecule has 0 aliphatic carbocycles. The number of para-hydroxylation sites is 1. The van der Waals surface area contributed by atoms with Crippen molar-refractivity contribution < 1.29 is 14.6 Å². The molecule has 0 bridgehead atoms. The van der Waals surface area contributed by atoms with Gasteiger partial charge in [0.05, 0.1) is 11.5 Å². The molecule has 1 unspecified atom stereocenters. The fourth-order valence-corrected chi connectivity index (χ4v) is 3.04. The van der Waals surface area contributed by atoms with Crippen molar-refractivity contribution >= 4 is 11.6 Å². The third kappa shape index (κ3) is 3.19. The minimum Gasteiger partial charge on any atom is -0.388 e. The van der Waals surface area contributed by atoms with Gasteiger partial charge in [-0.2, -0.15) is 0 Å². The summed E-state index contributed by atoms with van der Waals surface area (Å²) in [4.78, 5) is 12.5. The van der Waals surface area contributed by atoms with Gasteiger partial charge in [-0.05, 0) is 18.1 Å². The summed E-state index contributed by atoms with van der Waals surface area (Å²) in [5.41, 5.74) is 1.26. The first-order valence-electron chi connectivity index (χ1n) is 7.59. The molecule has 1 fully saturated rings. The third-order valence-corrected chi connectivity index (χ3v) is 4.42. The van der Waals surface area contributed by atoms with Crippen LogP contribution >= 0.6 is 0 Å². The molecule has 114 valence electrons. The van der Waals surface area contributed by atoms with Crippen LogP contribution in [0.2, 0.25) is 0 Å². The van der Waals surface area contributed by atoms with Crippen LogP contribution in [0.5, 0.6) is 0 Å². The lowest BCUT2D eigenvalue weighted by molar-refractivity contribution is -0.125. The van der Waals surface area contributed by atoms with Gasteiger partial charge in [-0.15, -0.1) is 0 Å². The number of benzene rings is 1. The zero-order chi connectivity index (χ0) is 14.7. The van der Waals surface area contributed by atoms with Gasteiger partial charge in [0.1, 0.15) is 0 Å². The summed E-state index contributed by atoms with van der Waals surface area (Å²) in [7, 11) is 0. The van der Waals surface area contributed by atoms with Gasteiger partial charge in [0.2, 0.25) is 5.91 Å². The fraction of sp³-hybridized carbons (Fsp3) is 0.562. The Labute approximate surface area is 124 Å². The van der Waals surface area contributed by atoms with Crippen LogP contribution in [-0.2, 0) is 9.53 Å². The second kappa shape index (κ2) is 6.03. The number of aliphatic hydroxyl groups is 1. The Morgan fingerprint density at radius 3 is 2.95 bits per heavy atom. The van der Waals surface area contributed by atoms with Gasteiger partial charge in [0.25, 0.3) is 0 Å². The van der Waals surface area contributed by atoms with Gasteiger partial charge in [-0.25, -0.2) is 0 Å². The number of hydrogen-bond donors (Lipinski definition) is 3. The summed E-state index contributed by atoms with van der Waals surface area (Å²) in [6, 6.07) is 7.92. The van der Waals surface area contributed by atoms with E-state index in [1.807, 2.05) is 24.3 Å². The Kier molecular flexibility index (Phi) is 4.12. The van der Waals surface area contributed by atoms with E-state index in [2.05, 4.69) is 10.6 Å². The van der Waals surface area contributed by atoms with Crippen LogP contribution in [-0.4, -0.2) is 42.9 Å². The van der Waals surface area contributed by atoms with Crippen LogP contribution in [0.25, 0.3) is 0 Å². The van der Waals surface area contributed by atoms with Crippen LogP contribution in [0.3, 0.4) is 0 Å². The maximum atomic E-state index is 12.5. The van der Waals surface area contributed by atoms with Gasteiger partial charge in [-0.3, -0.25) is 4.79 Å². The topological polar surface area (TPSA) is 70.6 Å². The Hall–Kier alpha value is -1.59. The SMILES string of the molecule is O=C(NCC1(O)CCOCC1)C1CCNc2ccccc21. The molecule has 0 aromatic heterocycles. The molecule has 2 aliphatic heterocycles. The number of hydrogen-bond acceptors (Lipinski definition) is 4. The van der Waals surface area contributed by atoms with Crippen molar-refractivity contribution in [2.24, 2.45) is 0 Å². The van der Waals surface area contributed by atoms with Gasteiger partial charge in [0.15, 0.2) is 0 Å². The molecule has 0 spiro atoms. The molecule has 2 heterocycles. The molecule has 0 radical (unpaired) electrons. The Morgan fingerprint density at radius 2 is 2.14 bits per heavy atom. The standard InChI is InChI=1S/C16H22N2O3/c19-15(18-11-16(20)6-9-21-10-7-16)13-5-8-17-14-4-2-1-3-12(13)14/h1-4,13,17,20H,5-11H2,(H,18,19). The van der Waals surface area contributed by atoms with Crippen LogP contribution in [0.4, 0.5) is 5.69 Å². The predicted molar refractivity (Wildman–Crippen MR) is 80.3 cm³/mol. The van der Waals surface area contributed by atoms with Crippen molar-refractivity contribution in [1.82, 2.24) is 5.32 Å². The van der Waals surface area contributed by atoms with E-state index in [1.165, 1.54) is 0 Å². The van der Waals surface area contributed by atoms with Gasteiger partial charge in [0, 0.05) is 44.8 Å². The molecule has 5 nitrogen and oxygen atoms in total. The smallest absolute Gasteiger partial charge is 0.227 e. The molecule has 1 saturated heterocycles. The first kappa shape index (κ1) is 14.4. The largest absolute Gasteiger partial charge is 0.388 e. The van der Waals surface area contributed by atoms with Crippen molar-refractivity contribution in [3.63, 3.8) is 0 Å². The fourth-order valence-electron chi connectivity index (χ4n) is 3.04. The number of carbonyl (C=O) groups is 1. The summed E-state index contributed by atoms with van der Waals surface area (Å²) >= 11 is 0. The minimum absolute atomic E-state index is 0.00358. The van der Waals surface area contributed by atoms with Crippen LogP contribution in [0.1, 0.15) is 30.7 Å². The summed E-state index contributed by atoms with van der Waals surface area (Å²) in [6.45, 7) is 2.22. The number of carbonyl (C=O) groups excluding carboxylic acids is 1. The van der Waals surface area contributed by atoms with E-state index in [-0.39, 0.29) is 11.8 Å². The maximum Gasteiger partial charge on any atom is 0.227 e. The van der Waals surface area contributed by atoms with Crippen LogP contribution < -0.4 is 10.6 Å². The molecule has 1 atom stereocenters. The van der Waals surface area contributed by atoms with Crippen molar-refractivity contribution in [2.45, 2.75) is 30.8 Å². The Morgan fingerprint density at radius 1 is 1.38 bits per heavy atom. The van der Waals surface area contributed by atoms with E-state index < -0.39 is 5.60 Å². The monoisotopic (exact) mass is 290 g/mol. The second-order valence-electron chi connectivity index (χ2n) is 5.91. The molecule has 1 aromatic rings. The lowest BCUT2D eigenvalue weighted by Crippen LogP contribution is -2.48. The highest BCUT2D eigenvalue weighted by Crippen LogP contribution is 2.31. The minimum atomic E-state index is -0.819. The average molecular weight is 290 g/mol. The summed E-state index contributed by atoms with van der Waals surface area (Å²) < 4.78 is 5.25. The van der Waals surface area contributed by atoms with Crippen LogP contribution in [0, 0.1) is 0 Å². The first-order valence-corrected chi connectivity index (χ1v) is 7.59. The van der Waals surface area contributed by atoms with Crippen molar-refractivity contribution in [3.05, 3.63) is 29.8 Å². The van der Waals surface area contributed by atoms with E-state index in [0.717, 1.165) is 24.2 Å². The average Bonchev–Trinajstić information content (AvgIpc) is 2.53. The summed E-state index contributed by atoms with van der Waals surface area (Å²) in [6.07, 6.45) is 1.94. The quantitative estimate of drug-likeness (QED) is 0.783. The maximum absolute atomic E-state index is 12.5. The van der Waals surface area contributed by atoms with Crippen molar-refractivity contribution in [2.75, 3.05) is 31.6 Å². The van der Waals surface area contributed by atoms with E-state index >= 15 is 0 Å². The molecule has 1 aromatic carbocycles. The van der Waals surface area contributed by atoms with E-state index in [0.29, 0.717) is 32.6 Å². The lowest BCUT2D eigenvalue weighted by Gasteiger charge is -2.33. The Balaban J connectivity index is 1.64.